The predicted octanol–water partition coefficient (Wildman–Crippen LogP) is -4.29. The van der Waals surface area contributed by atoms with Crippen LogP contribution >= 0.6 is 0 Å². The van der Waals surface area contributed by atoms with Crippen LogP contribution in [0.15, 0.2) is 85.1 Å². The smallest absolute Gasteiger partial charge is 0.313 e. The fourth-order valence-corrected chi connectivity index (χ4v) is 11.0. The summed E-state index contributed by atoms with van der Waals surface area (Å²) >= 11 is 0. The van der Waals surface area contributed by atoms with Crippen LogP contribution in [0.4, 0.5) is 0 Å². The monoisotopic (exact) mass is 1260 g/mol. The first kappa shape index (κ1) is 74.9. The van der Waals surface area contributed by atoms with Crippen molar-refractivity contribution in [3.8, 4) is 0 Å². The molecule has 0 amide bonds. The molecule has 0 radical (unpaired) electrons. The lowest BCUT2D eigenvalue weighted by molar-refractivity contribution is -0.368. The lowest BCUT2D eigenvalue weighted by atomic mass is 9.83. The van der Waals surface area contributed by atoms with Crippen LogP contribution in [-0.4, -0.2) is 284 Å². The van der Waals surface area contributed by atoms with Crippen molar-refractivity contribution in [3.05, 3.63) is 85.1 Å². The fraction of sp³-hybridized carbons (Fsp3) is 0.733. The number of esters is 2. The third kappa shape index (κ3) is 21.1. The zero-order valence-electron chi connectivity index (χ0n) is 50.0. The Bertz CT molecular complexity index is 2320. The van der Waals surface area contributed by atoms with Crippen molar-refractivity contribution in [2.75, 3.05) is 26.9 Å². The van der Waals surface area contributed by atoms with Gasteiger partial charge in [-0.25, -0.2) is 0 Å². The van der Waals surface area contributed by atoms with Crippen LogP contribution in [0.1, 0.15) is 72.6 Å². The Morgan fingerprint density at radius 1 is 0.580 bits per heavy atom. The molecule has 28 heteroatoms. The van der Waals surface area contributed by atoms with Crippen molar-refractivity contribution < 1.29 is 134 Å². The minimum atomic E-state index is -2.67. The Morgan fingerprint density at radius 3 is 1.80 bits per heavy atom. The minimum Gasteiger partial charge on any atom is -0.469 e. The molecular weight excluding hydrogens is 1170 g/mol. The third-order valence-corrected chi connectivity index (χ3v) is 16.7. The highest BCUT2D eigenvalue weighted by Gasteiger charge is 2.55. The second-order valence-corrected chi connectivity index (χ2v) is 23.4. The molecule has 5 aliphatic rings. The van der Waals surface area contributed by atoms with Gasteiger partial charge in [0.15, 0.2) is 12.6 Å². The van der Waals surface area contributed by atoms with Crippen LogP contribution in [0.5, 0.6) is 0 Å². The lowest BCUT2D eigenvalue weighted by Gasteiger charge is -2.48. The van der Waals surface area contributed by atoms with Gasteiger partial charge < -0.3 is 130 Å². The molecule has 0 aromatic rings. The molecule has 502 valence electrons. The zero-order chi connectivity index (χ0) is 65.2. The Balaban J connectivity index is 1.38. The van der Waals surface area contributed by atoms with Crippen molar-refractivity contribution in [1.82, 2.24) is 5.32 Å². The second kappa shape index (κ2) is 35.8. The van der Waals surface area contributed by atoms with Gasteiger partial charge in [-0.3, -0.25) is 9.59 Å². The summed E-state index contributed by atoms with van der Waals surface area (Å²) in [4.78, 5) is 26.1. The summed E-state index contributed by atoms with van der Waals surface area (Å²) in [5.74, 6) is -6.63. The molecule has 1 unspecified atom stereocenters. The molecule has 29 atom stereocenters. The van der Waals surface area contributed by atoms with Gasteiger partial charge in [-0.05, 0) is 33.1 Å². The van der Waals surface area contributed by atoms with E-state index < -0.39 is 221 Å². The van der Waals surface area contributed by atoms with Crippen LogP contribution in [0, 0.1) is 17.8 Å². The number of carbonyl (C=O) groups is 2. The maximum atomic E-state index is 13.4. The maximum Gasteiger partial charge on any atom is 0.313 e. The molecule has 28 nitrogen and oxygen atoms in total. The van der Waals surface area contributed by atoms with E-state index in [-0.39, 0.29) is 31.6 Å². The Hall–Kier alpha value is -3.84. The van der Waals surface area contributed by atoms with Gasteiger partial charge in [0.1, 0.15) is 67.0 Å². The van der Waals surface area contributed by atoms with Gasteiger partial charge in [0.05, 0.1) is 113 Å². The summed E-state index contributed by atoms with van der Waals surface area (Å²) in [7, 11) is 1.07. The van der Waals surface area contributed by atoms with Gasteiger partial charge in [-0.15, -0.1) is 0 Å². The summed E-state index contributed by atoms with van der Waals surface area (Å²) in [5.41, 5.74) is 0. The van der Waals surface area contributed by atoms with E-state index in [4.69, 9.17) is 37.9 Å². The molecule has 88 heavy (non-hydrogen) atoms. The number of methoxy groups -OCH3 is 1. The van der Waals surface area contributed by atoms with Gasteiger partial charge in [0.25, 0.3) is 0 Å². The molecule has 2 bridgehead atoms. The van der Waals surface area contributed by atoms with E-state index in [0.717, 1.165) is 7.11 Å². The Morgan fingerprint density at radius 2 is 1.18 bits per heavy atom. The van der Waals surface area contributed by atoms with E-state index in [1.54, 1.807) is 93.7 Å². The SMILES string of the molecule is COC(=O)[C@H]1[C@@H]2C[C@@H](O[C@@H]3O[C@H](C)[C@@H](O)[C@H](NC[C@@]4(O)OC[C@@H](O)[C@@H](O[C@@H]5O[C@H](CO)[C@@H](O)[C@H](O)[C@H]5O)[C@@H]4O)[C@@H]3O)/C=C/C=C/C=C/C=C/C=C/C=C/C=C/[C@H](C)[C@@H](O)[C@@H](C)[C@H](C)OC(=O)C[C@H](O)C[C@H](O)CC[C@@H](O)[C@H](O)C[C@H](O)[C@@H](O)C(C[C@@H]1O)O2. The molecule has 0 spiro atoms. The average Bonchev–Trinajstić information content (AvgIpc) is 1.56. The number of allylic oxidation sites excluding steroid dienone is 12. The van der Waals surface area contributed by atoms with E-state index in [1.807, 2.05) is 0 Å². The summed E-state index contributed by atoms with van der Waals surface area (Å²) in [6.07, 6.45) is -16.3. The number of fused-ring (bicyclic) bond motifs is 2. The summed E-state index contributed by atoms with van der Waals surface area (Å²) in [6.45, 7) is 4.27. The number of cyclic esters (lactones) is 1. The van der Waals surface area contributed by atoms with E-state index in [0.29, 0.717) is 0 Å². The topological polar surface area (TPSA) is 464 Å². The molecule has 5 aliphatic heterocycles. The number of aliphatic hydroxyl groups is 17. The van der Waals surface area contributed by atoms with E-state index in [1.165, 1.54) is 19.1 Å². The van der Waals surface area contributed by atoms with Crippen LogP contribution in [0.25, 0.3) is 0 Å². The largest absolute Gasteiger partial charge is 0.469 e. The Kier molecular flexibility index (Phi) is 30.5. The quantitative estimate of drug-likeness (QED) is 0.0972. The normalized spacial score (nSPS) is 47.3. The second-order valence-electron chi connectivity index (χ2n) is 23.4. The van der Waals surface area contributed by atoms with Gasteiger partial charge in [-0.2, -0.15) is 0 Å². The van der Waals surface area contributed by atoms with Crippen molar-refractivity contribution in [2.45, 2.75) is 231 Å². The lowest BCUT2D eigenvalue weighted by Crippen LogP contribution is -2.70. The molecule has 5 heterocycles. The number of carbonyl (C=O) groups excluding carboxylic acids is 2. The molecule has 0 aromatic carbocycles. The highest BCUT2D eigenvalue weighted by molar-refractivity contribution is 5.74. The fourth-order valence-electron chi connectivity index (χ4n) is 11.0. The van der Waals surface area contributed by atoms with Crippen LogP contribution in [-0.2, 0) is 47.5 Å². The molecular formula is C60H95NO27. The number of aliphatic hydroxyl groups excluding tert-OH is 16. The van der Waals surface area contributed by atoms with Gasteiger partial charge in [0.2, 0.25) is 5.79 Å². The van der Waals surface area contributed by atoms with Crippen LogP contribution in [0.3, 0.4) is 0 Å². The van der Waals surface area contributed by atoms with Crippen LogP contribution in [0.2, 0.25) is 0 Å². The van der Waals surface area contributed by atoms with Crippen molar-refractivity contribution >= 4 is 11.9 Å². The number of ether oxygens (including phenoxy) is 8. The first-order valence-corrected chi connectivity index (χ1v) is 29.8. The molecule has 0 aliphatic carbocycles. The number of hydrogen-bond donors (Lipinski definition) is 18. The van der Waals surface area contributed by atoms with Crippen LogP contribution < -0.4 is 5.32 Å². The number of hydrogen-bond acceptors (Lipinski definition) is 28. The summed E-state index contributed by atoms with van der Waals surface area (Å²) in [5, 5.41) is 189. The molecule has 18 N–H and O–H groups in total. The molecule has 0 aromatic heterocycles. The van der Waals surface area contributed by atoms with Gasteiger partial charge in [0, 0.05) is 31.1 Å². The Labute approximate surface area is 511 Å². The molecule has 0 saturated carbocycles. The van der Waals surface area contributed by atoms with E-state index in [2.05, 4.69) is 5.32 Å². The first-order valence-electron chi connectivity index (χ1n) is 29.8. The summed E-state index contributed by atoms with van der Waals surface area (Å²) in [6, 6.07) is -1.46. The number of nitrogens with one attached hydrogen (secondary N) is 1. The number of rotatable bonds is 9. The minimum absolute atomic E-state index is 0.168. The molecule has 4 fully saturated rings. The van der Waals surface area contributed by atoms with Crippen molar-refractivity contribution in [1.29, 1.82) is 0 Å². The van der Waals surface area contributed by atoms with E-state index >= 15 is 0 Å². The standard InChI is InChI=1S/C60H95NO27/c1-30-18-16-14-12-10-8-6-7-9-11-13-15-17-19-36(85-58-52(75)47(49(72)33(4)84-58)61-29-60(80)56(78)55(41(69)28-82-60)88-59-54(77)53(76)51(74)44(27-62)87-59)24-42-46(57(79)81-5)39(67)26-43(86-42)50(73)40(68)25-38(66)37(65)21-20-34(63)22-35(64)23-45(70)83-32(3)31(2)48(30)71/h6-19,30-44,46-56,58-59,61-69,71-78,80H,20-29H2,1-5H3/b7-6+,10-8+,11-9+,14-12+,15-13+,18-16+,19-17+/t30-,31-,32-,33+,34+,35+,36-,37+,38+,39-,40-,41+,42-,43?,44+,46+,47-,48+,49+,50+,51+,52-,53-,54+,55+,56-,58-,59-,60+/m0/s1. The first-order chi connectivity index (χ1) is 41.6. The van der Waals surface area contributed by atoms with Crippen molar-refractivity contribution in [2.24, 2.45) is 17.8 Å². The average molecular weight is 1260 g/mol. The van der Waals surface area contributed by atoms with Gasteiger partial charge in [-0.1, -0.05) is 98.9 Å². The maximum absolute atomic E-state index is 13.4. The molecule has 5 rings (SSSR count). The van der Waals surface area contributed by atoms with E-state index in [9.17, 15) is 96.4 Å². The van der Waals surface area contributed by atoms with Gasteiger partial charge >= 0.3 is 11.9 Å². The summed E-state index contributed by atoms with van der Waals surface area (Å²) < 4.78 is 45.5. The highest BCUT2D eigenvalue weighted by Crippen LogP contribution is 2.36. The highest BCUT2D eigenvalue weighted by atomic mass is 16.7. The third-order valence-electron chi connectivity index (χ3n) is 16.7. The predicted molar refractivity (Wildman–Crippen MR) is 307 cm³/mol. The zero-order valence-corrected chi connectivity index (χ0v) is 50.0. The molecule has 4 saturated heterocycles. The van der Waals surface area contributed by atoms with Crippen molar-refractivity contribution in [3.63, 3.8) is 0 Å².